The van der Waals surface area contributed by atoms with E-state index in [9.17, 15) is 13.2 Å². The zero-order valence-corrected chi connectivity index (χ0v) is 9.10. The van der Waals surface area contributed by atoms with Gasteiger partial charge in [-0.3, -0.25) is 0 Å². The Morgan fingerprint density at radius 2 is 2.00 bits per heavy atom. The molecule has 2 nitrogen and oxygen atoms in total. The van der Waals surface area contributed by atoms with Crippen molar-refractivity contribution in [3.8, 4) is 11.5 Å². The monoisotopic (exact) mass is 272 g/mol. The van der Waals surface area contributed by atoms with Crippen LogP contribution in [0, 0.1) is 0 Å². The maximum absolute atomic E-state index is 12.9. The van der Waals surface area contributed by atoms with Crippen LogP contribution in [0.3, 0.4) is 0 Å². The van der Waals surface area contributed by atoms with Crippen LogP contribution in [0.15, 0.2) is 18.2 Å². The van der Waals surface area contributed by atoms with Gasteiger partial charge in [0.1, 0.15) is 4.84 Å². The van der Waals surface area contributed by atoms with Crippen molar-refractivity contribution in [2.75, 3.05) is 0 Å². The number of alkyl halides is 5. The van der Waals surface area contributed by atoms with Crippen LogP contribution in [0.4, 0.5) is 13.2 Å². The molecule has 0 bridgehead atoms. The minimum atomic E-state index is -4.01. The molecule has 1 aromatic rings. The van der Waals surface area contributed by atoms with Gasteiger partial charge in [-0.2, -0.15) is 13.2 Å². The number of hydrogen-bond acceptors (Lipinski definition) is 2. The van der Waals surface area contributed by atoms with Crippen LogP contribution in [0.2, 0.25) is 0 Å². The summed E-state index contributed by atoms with van der Waals surface area (Å²) in [5.74, 6) is -0.487. The minimum Gasteiger partial charge on any atom is -0.447 e. The minimum absolute atomic E-state index is 0.180. The third-order valence-corrected chi connectivity index (χ3v) is 2.45. The number of hydrogen-bond donors (Lipinski definition) is 0. The fraction of sp³-hybridized carbons (Fsp3) is 0.333. The Morgan fingerprint density at radius 3 is 2.62 bits per heavy atom. The van der Waals surface area contributed by atoms with E-state index in [2.05, 4.69) is 9.47 Å². The molecule has 0 aromatic heterocycles. The van der Waals surface area contributed by atoms with Crippen molar-refractivity contribution in [3.05, 3.63) is 23.8 Å². The van der Waals surface area contributed by atoms with Crippen LogP contribution in [-0.4, -0.2) is 12.5 Å². The van der Waals surface area contributed by atoms with E-state index in [0.717, 1.165) is 0 Å². The first-order chi connectivity index (χ1) is 7.42. The summed E-state index contributed by atoms with van der Waals surface area (Å²) in [6.45, 7) is 0. The molecule has 1 aliphatic rings. The highest BCUT2D eigenvalue weighted by molar-refractivity contribution is 6.44. The van der Waals surface area contributed by atoms with E-state index in [1.807, 2.05) is 0 Å². The maximum Gasteiger partial charge on any atom is 0.468 e. The molecule has 1 aliphatic heterocycles. The zero-order chi connectivity index (χ0) is 11.9. The molecule has 16 heavy (non-hydrogen) atoms. The van der Waals surface area contributed by atoms with Gasteiger partial charge in [0, 0.05) is 5.56 Å². The molecule has 0 saturated carbocycles. The highest BCUT2D eigenvalue weighted by Gasteiger charge is 2.50. The molecule has 7 heteroatoms. The topological polar surface area (TPSA) is 18.5 Å². The number of para-hydroxylation sites is 1. The average molecular weight is 273 g/mol. The Labute approximate surface area is 98.9 Å². The van der Waals surface area contributed by atoms with Gasteiger partial charge in [-0.25, -0.2) is 0 Å². The summed E-state index contributed by atoms with van der Waals surface area (Å²) in [5, 5.41) is 0. The van der Waals surface area contributed by atoms with Crippen molar-refractivity contribution < 1.29 is 22.6 Å². The first-order valence-electron chi connectivity index (χ1n) is 4.20. The summed E-state index contributed by atoms with van der Waals surface area (Å²) in [4.78, 5) is -1.02. The lowest BCUT2D eigenvalue weighted by molar-refractivity contribution is -0.281. The van der Waals surface area contributed by atoms with Crippen LogP contribution >= 0.6 is 23.2 Å². The zero-order valence-electron chi connectivity index (χ0n) is 7.59. The fourth-order valence-corrected chi connectivity index (χ4v) is 1.62. The normalized spacial score (nSPS) is 22.2. The number of fused-ring (bicyclic) bond motifs is 1. The third kappa shape index (κ3) is 1.89. The molecule has 0 radical (unpaired) electrons. The second-order valence-corrected chi connectivity index (χ2v) is 4.17. The predicted molar refractivity (Wildman–Crippen MR) is 52.0 cm³/mol. The number of halogens is 5. The third-order valence-electron chi connectivity index (χ3n) is 1.98. The van der Waals surface area contributed by atoms with Crippen molar-refractivity contribution in [3.63, 3.8) is 0 Å². The average Bonchev–Trinajstić information content (AvgIpc) is 2.18. The quantitative estimate of drug-likeness (QED) is 0.724. The summed E-state index contributed by atoms with van der Waals surface area (Å²) in [6, 6.07) is 4.06. The van der Waals surface area contributed by atoms with Crippen molar-refractivity contribution in [2.24, 2.45) is 0 Å². The first kappa shape index (κ1) is 11.7. The van der Waals surface area contributed by atoms with Crippen LogP contribution in [-0.2, 0) is 0 Å². The van der Waals surface area contributed by atoms with Crippen molar-refractivity contribution in [1.29, 1.82) is 0 Å². The smallest absolute Gasteiger partial charge is 0.447 e. The van der Waals surface area contributed by atoms with E-state index in [-0.39, 0.29) is 17.1 Å². The molecule has 0 fully saturated rings. The molecule has 0 spiro atoms. The van der Waals surface area contributed by atoms with Gasteiger partial charge in [-0.05, 0) is 6.07 Å². The lowest BCUT2D eigenvalue weighted by Gasteiger charge is -2.29. The van der Waals surface area contributed by atoms with Gasteiger partial charge in [0.05, 0.1) is 0 Å². The lowest BCUT2D eigenvalue weighted by atomic mass is 10.2. The Bertz CT molecular complexity index is 412. The van der Waals surface area contributed by atoms with Gasteiger partial charge >= 0.3 is 12.5 Å². The van der Waals surface area contributed by atoms with E-state index < -0.39 is 17.3 Å². The van der Waals surface area contributed by atoms with Crippen LogP contribution < -0.4 is 9.47 Å². The number of ether oxygens (including phenoxy) is 2. The molecule has 0 amide bonds. The molecule has 88 valence electrons. The van der Waals surface area contributed by atoms with Crippen LogP contribution in [0.25, 0.3) is 0 Å². The first-order valence-corrected chi connectivity index (χ1v) is 5.07. The number of benzene rings is 1. The van der Waals surface area contributed by atoms with E-state index >= 15 is 0 Å². The Hall–Kier alpha value is -0.810. The van der Waals surface area contributed by atoms with Gasteiger partial charge in [-0.15, -0.1) is 0 Å². The number of rotatable bonds is 1. The SMILES string of the molecule is F[C@@H]1Oc2c(cccc2C(Cl)Cl)OC1(F)F. The maximum atomic E-state index is 12.9. The van der Waals surface area contributed by atoms with Crippen LogP contribution in [0.5, 0.6) is 11.5 Å². The molecule has 1 heterocycles. The summed E-state index contributed by atoms with van der Waals surface area (Å²) >= 11 is 11.2. The second-order valence-electron chi connectivity index (χ2n) is 3.07. The lowest BCUT2D eigenvalue weighted by Crippen LogP contribution is -2.43. The van der Waals surface area contributed by atoms with E-state index in [0.29, 0.717) is 0 Å². The Morgan fingerprint density at radius 1 is 1.31 bits per heavy atom. The molecule has 0 N–H and O–H groups in total. The standard InChI is InChI=1S/C9H5Cl2F3O2/c10-7(11)4-2-1-3-5-6(4)15-8(12)9(13,14)16-5/h1-3,7-8H/t8-/m1/s1. The summed E-state index contributed by atoms with van der Waals surface area (Å²) in [6.07, 6.45) is -6.90. The fourth-order valence-electron chi connectivity index (χ4n) is 1.28. The van der Waals surface area contributed by atoms with E-state index in [4.69, 9.17) is 23.2 Å². The van der Waals surface area contributed by atoms with E-state index in [1.165, 1.54) is 18.2 Å². The largest absolute Gasteiger partial charge is 0.468 e. The predicted octanol–water partition coefficient (Wildman–Crippen LogP) is 3.82. The highest BCUT2D eigenvalue weighted by atomic mass is 35.5. The Kier molecular flexibility index (Phi) is 2.84. The molecular weight excluding hydrogens is 268 g/mol. The van der Waals surface area contributed by atoms with Gasteiger partial charge in [-0.1, -0.05) is 35.3 Å². The second kappa shape index (κ2) is 3.89. The molecule has 0 unspecified atom stereocenters. The van der Waals surface area contributed by atoms with Crippen molar-refractivity contribution >= 4 is 23.2 Å². The molecule has 1 atom stereocenters. The van der Waals surface area contributed by atoms with Crippen molar-refractivity contribution in [2.45, 2.75) is 17.3 Å². The molecule has 0 saturated heterocycles. The van der Waals surface area contributed by atoms with Gasteiger partial charge in [0.25, 0.3) is 0 Å². The van der Waals surface area contributed by atoms with Crippen LogP contribution in [0.1, 0.15) is 10.4 Å². The highest BCUT2D eigenvalue weighted by Crippen LogP contribution is 2.46. The summed E-state index contributed by atoms with van der Waals surface area (Å²) in [5.41, 5.74) is 0.180. The van der Waals surface area contributed by atoms with Gasteiger partial charge in [0.15, 0.2) is 11.5 Å². The molecule has 0 aliphatic carbocycles. The van der Waals surface area contributed by atoms with E-state index in [1.54, 1.807) is 0 Å². The van der Waals surface area contributed by atoms with Gasteiger partial charge < -0.3 is 9.47 Å². The Balaban J connectivity index is 2.47. The molecular formula is C9H5Cl2F3O2. The summed E-state index contributed by atoms with van der Waals surface area (Å²) in [7, 11) is 0. The van der Waals surface area contributed by atoms with Crippen molar-refractivity contribution in [1.82, 2.24) is 0 Å². The van der Waals surface area contributed by atoms with Gasteiger partial charge in [0.2, 0.25) is 0 Å². The molecule has 1 aromatic carbocycles. The summed E-state index contributed by atoms with van der Waals surface area (Å²) < 4.78 is 47.1. The molecule has 2 rings (SSSR count).